The summed E-state index contributed by atoms with van der Waals surface area (Å²) in [5, 5.41) is 4.22. The van der Waals surface area contributed by atoms with Crippen molar-refractivity contribution in [1.82, 2.24) is 24.5 Å². The van der Waals surface area contributed by atoms with Crippen LogP contribution in [0, 0.1) is 0 Å². The zero-order chi connectivity index (χ0) is 13.8. The molecule has 0 bridgehead atoms. The molecule has 2 aromatic heterocycles. The number of aromatic nitrogens is 5. The molecule has 1 saturated heterocycles. The molecule has 0 saturated carbocycles. The van der Waals surface area contributed by atoms with Crippen LogP contribution in [0.3, 0.4) is 0 Å². The minimum atomic E-state index is 0.506. The lowest BCUT2D eigenvalue weighted by atomic mass is 10.2. The van der Waals surface area contributed by atoms with E-state index in [9.17, 15) is 0 Å². The van der Waals surface area contributed by atoms with Crippen molar-refractivity contribution >= 4 is 17.7 Å². The molecule has 0 unspecified atom stereocenters. The number of nitrogens with zero attached hydrogens (tertiary/aromatic N) is 5. The van der Waals surface area contributed by atoms with E-state index in [2.05, 4.69) is 25.3 Å². The number of anilines is 1. The van der Waals surface area contributed by atoms with Crippen molar-refractivity contribution in [2.45, 2.75) is 23.2 Å². The second kappa shape index (κ2) is 6.19. The Balaban J connectivity index is 1.84. The fourth-order valence-corrected chi connectivity index (χ4v) is 2.95. The fourth-order valence-electron chi connectivity index (χ4n) is 1.95. The van der Waals surface area contributed by atoms with Gasteiger partial charge in [-0.1, -0.05) is 11.8 Å². The Morgan fingerprint density at radius 3 is 2.85 bits per heavy atom. The van der Waals surface area contributed by atoms with Gasteiger partial charge in [0, 0.05) is 37.9 Å². The van der Waals surface area contributed by atoms with E-state index in [0.29, 0.717) is 17.1 Å². The molecule has 1 aliphatic heterocycles. The Morgan fingerprint density at radius 2 is 2.15 bits per heavy atom. The predicted octanol–water partition coefficient (Wildman–Crippen LogP) is 1.37. The molecular formula is C12H16N6OS. The van der Waals surface area contributed by atoms with Gasteiger partial charge in [0.05, 0.1) is 0 Å². The summed E-state index contributed by atoms with van der Waals surface area (Å²) in [6, 6.07) is 0. The van der Waals surface area contributed by atoms with Crippen molar-refractivity contribution in [2.75, 3.05) is 25.6 Å². The van der Waals surface area contributed by atoms with Gasteiger partial charge in [-0.15, -0.1) is 0 Å². The lowest BCUT2D eigenvalue weighted by Gasteiger charge is -2.20. The molecule has 8 heteroatoms. The molecule has 0 amide bonds. The normalized spacial score (nSPS) is 16.2. The van der Waals surface area contributed by atoms with Crippen molar-refractivity contribution < 1.29 is 4.74 Å². The summed E-state index contributed by atoms with van der Waals surface area (Å²) in [4.78, 5) is 17.3. The van der Waals surface area contributed by atoms with E-state index < -0.39 is 0 Å². The highest BCUT2D eigenvalue weighted by Gasteiger charge is 2.18. The lowest BCUT2D eigenvalue weighted by Crippen LogP contribution is -2.18. The molecule has 20 heavy (non-hydrogen) atoms. The van der Waals surface area contributed by atoms with Crippen molar-refractivity contribution in [2.24, 2.45) is 0 Å². The maximum absolute atomic E-state index is 5.37. The van der Waals surface area contributed by atoms with Gasteiger partial charge < -0.3 is 10.1 Å². The number of imidazole rings is 1. The van der Waals surface area contributed by atoms with E-state index in [-0.39, 0.29) is 0 Å². The molecule has 106 valence electrons. The standard InChI is InChI=1S/C12H16N6OS/c1-13-10-15-11(18-5-4-14-8-18)17-12(16-10)20-9-2-6-19-7-3-9/h4-5,8-9H,2-3,6-7H2,1H3,(H,13,15,16,17). The number of ether oxygens (including phenoxy) is 1. The van der Waals surface area contributed by atoms with E-state index in [1.165, 1.54) is 0 Å². The molecular weight excluding hydrogens is 276 g/mol. The van der Waals surface area contributed by atoms with Crippen LogP contribution in [0.5, 0.6) is 0 Å². The maximum atomic E-state index is 5.37. The maximum Gasteiger partial charge on any atom is 0.240 e. The van der Waals surface area contributed by atoms with Gasteiger partial charge in [0.2, 0.25) is 11.9 Å². The SMILES string of the molecule is CNc1nc(SC2CCOCC2)nc(-n2ccnc2)n1. The molecule has 0 spiro atoms. The van der Waals surface area contributed by atoms with Gasteiger partial charge in [-0.25, -0.2) is 4.98 Å². The van der Waals surface area contributed by atoms with E-state index >= 15 is 0 Å². The average molecular weight is 292 g/mol. The monoisotopic (exact) mass is 292 g/mol. The number of hydrogen-bond acceptors (Lipinski definition) is 7. The first kappa shape index (κ1) is 13.3. The van der Waals surface area contributed by atoms with Crippen LogP contribution in [0.4, 0.5) is 5.95 Å². The zero-order valence-electron chi connectivity index (χ0n) is 11.2. The summed E-state index contributed by atoms with van der Waals surface area (Å²) in [7, 11) is 1.80. The first-order valence-electron chi connectivity index (χ1n) is 6.52. The minimum Gasteiger partial charge on any atom is -0.381 e. The first-order chi connectivity index (χ1) is 9.85. The summed E-state index contributed by atoms with van der Waals surface area (Å²) >= 11 is 1.69. The second-order valence-electron chi connectivity index (χ2n) is 4.39. The van der Waals surface area contributed by atoms with Crippen molar-refractivity contribution in [1.29, 1.82) is 0 Å². The topological polar surface area (TPSA) is 77.8 Å². The van der Waals surface area contributed by atoms with Crippen LogP contribution in [0.15, 0.2) is 23.9 Å². The highest BCUT2D eigenvalue weighted by atomic mass is 32.2. The van der Waals surface area contributed by atoms with Crippen LogP contribution in [0.1, 0.15) is 12.8 Å². The highest BCUT2D eigenvalue weighted by Crippen LogP contribution is 2.27. The summed E-state index contributed by atoms with van der Waals surface area (Å²) < 4.78 is 7.15. The molecule has 0 atom stereocenters. The number of thioether (sulfide) groups is 1. The molecule has 0 aliphatic carbocycles. The quantitative estimate of drug-likeness (QED) is 0.911. The van der Waals surface area contributed by atoms with Gasteiger partial charge >= 0.3 is 0 Å². The van der Waals surface area contributed by atoms with Gasteiger partial charge in [0.25, 0.3) is 0 Å². The highest BCUT2D eigenvalue weighted by molar-refractivity contribution is 7.99. The fraction of sp³-hybridized carbons (Fsp3) is 0.500. The Kier molecular flexibility index (Phi) is 4.12. The summed E-state index contributed by atoms with van der Waals surface area (Å²) in [6.07, 6.45) is 7.26. The van der Waals surface area contributed by atoms with Gasteiger partial charge in [0.15, 0.2) is 5.16 Å². The van der Waals surface area contributed by atoms with Crippen LogP contribution in [-0.2, 0) is 4.74 Å². The van der Waals surface area contributed by atoms with E-state index in [4.69, 9.17) is 4.74 Å². The van der Waals surface area contributed by atoms with Gasteiger partial charge in [-0.05, 0) is 12.8 Å². The predicted molar refractivity (Wildman–Crippen MR) is 76.2 cm³/mol. The Bertz CT molecular complexity index is 555. The largest absolute Gasteiger partial charge is 0.381 e. The third-order valence-electron chi connectivity index (χ3n) is 3.00. The summed E-state index contributed by atoms with van der Waals surface area (Å²) in [5.74, 6) is 1.15. The van der Waals surface area contributed by atoms with Crippen LogP contribution in [0.25, 0.3) is 5.95 Å². The minimum absolute atomic E-state index is 0.506. The Hall–Kier alpha value is -1.67. The molecule has 7 nitrogen and oxygen atoms in total. The summed E-state index contributed by atoms with van der Waals surface area (Å²) in [5.41, 5.74) is 0. The van der Waals surface area contributed by atoms with Crippen LogP contribution in [0.2, 0.25) is 0 Å². The van der Waals surface area contributed by atoms with E-state index in [1.54, 1.807) is 35.9 Å². The van der Waals surface area contributed by atoms with Crippen LogP contribution >= 0.6 is 11.8 Å². The second-order valence-corrected chi connectivity index (χ2v) is 5.66. The molecule has 3 rings (SSSR count). The summed E-state index contributed by atoms with van der Waals surface area (Å²) in [6.45, 7) is 1.63. The van der Waals surface area contributed by atoms with Gasteiger partial charge in [0.1, 0.15) is 6.33 Å². The van der Waals surface area contributed by atoms with Crippen molar-refractivity contribution in [3.05, 3.63) is 18.7 Å². The van der Waals surface area contributed by atoms with E-state index in [0.717, 1.165) is 31.2 Å². The third kappa shape index (κ3) is 3.07. The molecule has 1 N–H and O–H groups in total. The van der Waals surface area contributed by atoms with Gasteiger partial charge in [-0.2, -0.15) is 15.0 Å². The third-order valence-corrected chi connectivity index (χ3v) is 4.20. The molecule has 0 radical (unpaired) electrons. The first-order valence-corrected chi connectivity index (χ1v) is 7.39. The Labute approximate surface area is 121 Å². The van der Waals surface area contributed by atoms with E-state index in [1.807, 2.05) is 6.20 Å². The smallest absolute Gasteiger partial charge is 0.240 e. The molecule has 0 aromatic carbocycles. The van der Waals surface area contributed by atoms with Crippen molar-refractivity contribution in [3.8, 4) is 5.95 Å². The average Bonchev–Trinajstić information content (AvgIpc) is 3.02. The van der Waals surface area contributed by atoms with Crippen LogP contribution in [-0.4, -0.2) is 50.0 Å². The Morgan fingerprint density at radius 1 is 1.30 bits per heavy atom. The molecule has 2 aromatic rings. The number of rotatable bonds is 4. The van der Waals surface area contributed by atoms with Crippen molar-refractivity contribution in [3.63, 3.8) is 0 Å². The van der Waals surface area contributed by atoms with Crippen LogP contribution < -0.4 is 5.32 Å². The molecule has 1 aliphatic rings. The molecule has 3 heterocycles. The van der Waals surface area contributed by atoms with Gasteiger partial charge in [-0.3, -0.25) is 4.57 Å². The lowest BCUT2D eigenvalue weighted by molar-refractivity contribution is 0.1000. The molecule has 1 fully saturated rings. The zero-order valence-corrected chi connectivity index (χ0v) is 12.0. The number of hydrogen-bond donors (Lipinski definition) is 1. The number of nitrogens with one attached hydrogen (secondary N) is 1.